The number of esters is 1. The topological polar surface area (TPSA) is 79.2 Å². The largest absolute Gasteiger partial charge is 0.451 e. The van der Waals surface area contributed by atoms with E-state index in [4.69, 9.17) is 21.6 Å². The van der Waals surface area contributed by atoms with Gasteiger partial charge in [0.05, 0.1) is 16.7 Å². The number of thiophene rings is 1. The predicted octanol–water partition coefficient (Wildman–Crippen LogP) is 4.22. The standard InChI is InChI=1S/C18H11ClN2O3S/c19-16-13-6-1-2-7-14(13)25-17(16)18(23)24-10-15(22)21-12-5-3-4-11(8-12)9-20/h1-8H,10H2,(H,21,22). The van der Waals surface area contributed by atoms with Crippen LogP contribution in [0.25, 0.3) is 10.1 Å². The number of nitrogens with zero attached hydrogens (tertiary/aromatic N) is 1. The summed E-state index contributed by atoms with van der Waals surface area (Å²) in [7, 11) is 0. The van der Waals surface area contributed by atoms with Crippen molar-refractivity contribution in [1.29, 1.82) is 5.26 Å². The van der Waals surface area contributed by atoms with Crippen molar-refractivity contribution in [2.24, 2.45) is 0 Å². The van der Waals surface area contributed by atoms with E-state index in [-0.39, 0.29) is 4.88 Å². The van der Waals surface area contributed by atoms with Crippen molar-refractivity contribution >= 4 is 50.6 Å². The SMILES string of the molecule is N#Cc1cccc(NC(=O)COC(=O)c2sc3ccccc3c2Cl)c1. The summed E-state index contributed by atoms with van der Waals surface area (Å²) in [6.45, 7) is -0.444. The third-order valence-corrected chi connectivity index (χ3v) is 4.99. The Morgan fingerprint density at radius 2 is 2.00 bits per heavy atom. The molecule has 2 aromatic carbocycles. The van der Waals surface area contributed by atoms with E-state index in [0.29, 0.717) is 16.3 Å². The Morgan fingerprint density at radius 1 is 1.20 bits per heavy atom. The van der Waals surface area contributed by atoms with Gasteiger partial charge in [-0.1, -0.05) is 35.9 Å². The number of amides is 1. The molecule has 3 aromatic rings. The van der Waals surface area contributed by atoms with Crippen LogP contribution in [-0.2, 0) is 9.53 Å². The molecule has 0 aliphatic carbocycles. The van der Waals surface area contributed by atoms with Gasteiger partial charge in [0.15, 0.2) is 6.61 Å². The number of benzene rings is 2. The predicted molar refractivity (Wildman–Crippen MR) is 96.9 cm³/mol. The third-order valence-electron chi connectivity index (χ3n) is 3.33. The highest BCUT2D eigenvalue weighted by Gasteiger charge is 2.19. The molecule has 0 fully saturated rings. The van der Waals surface area contributed by atoms with Crippen LogP contribution in [0.15, 0.2) is 48.5 Å². The lowest BCUT2D eigenvalue weighted by Crippen LogP contribution is -2.20. The van der Waals surface area contributed by atoms with Crippen LogP contribution in [0.4, 0.5) is 5.69 Å². The van der Waals surface area contributed by atoms with E-state index in [0.717, 1.165) is 10.1 Å². The van der Waals surface area contributed by atoms with Crippen molar-refractivity contribution in [2.75, 3.05) is 11.9 Å². The van der Waals surface area contributed by atoms with Crippen molar-refractivity contribution < 1.29 is 14.3 Å². The van der Waals surface area contributed by atoms with Crippen molar-refractivity contribution in [2.45, 2.75) is 0 Å². The number of ether oxygens (including phenoxy) is 1. The monoisotopic (exact) mass is 370 g/mol. The van der Waals surface area contributed by atoms with Gasteiger partial charge >= 0.3 is 5.97 Å². The van der Waals surface area contributed by atoms with Crippen LogP contribution in [0.1, 0.15) is 15.2 Å². The minimum absolute atomic E-state index is 0.266. The number of fused-ring (bicyclic) bond motifs is 1. The molecule has 3 rings (SSSR count). The zero-order valence-electron chi connectivity index (χ0n) is 12.8. The lowest BCUT2D eigenvalue weighted by molar-refractivity contribution is -0.119. The summed E-state index contributed by atoms with van der Waals surface area (Å²) in [6.07, 6.45) is 0. The first-order valence-corrected chi connectivity index (χ1v) is 8.42. The second-order valence-electron chi connectivity index (χ2n) is 5.06. The first-order chi connectivity index (χ1) is 12.1. The molecule has 0 aliphatic heterocycles. The molecule has 0 radical (unpaired) electrons. The number of nitriles is 1. The van der Waals surface area contributed by atoms with Crippen LogP contribution in [-0.4, -0.2) is 18.5 Å². The molecule has 0 saturated heterocycles. The summed E-state index contributed by atoms with van der Waals surface area (Å²) < 4.78 is 5.91. The fourth-order valence-corrected chi connectivity index (χ4v) is 3.61. The van der Waals surface area contributed by atoms with Gasteiger partial charge in [-0.2, -0.15) is 5.26 Å². The lowest BCUT2D eigenvalue weighted by Gasteiger charge is -2.06. The normalized spacial score (nSPS) is 10.2. The lowest BCUT2D eigenvalue weighted by atomic mass is 10.2. The summed E-state index contributed by atoms with van der Waals surface area (Å²) in [5.74, 6) is -1.15. The summed E-state index contributed by atoms with van der Waals surface area (Å²) in [4.78, 5) is 24.3. The molecule has 0 atom stereocenters. The average Bonchev–Trinajstić information content (AvgIpc) is 2.97. The zero-order valence-corrected chi connectivity index (χ0v) is 14.4. The molecule has 0 spiro atoms. The van der Waals surface area contributed by atoms with Gasteiger partial charge < -0.3 is 10.1 Å². The maximum atomic E-state index is 12.2. The Hall–Kier alpha value is -2.88. The van der Waals surface area contributed by atoms with E-state index >= 15 is 0 Å². The Bertz CT molecular complexity index is 1010. The van der Waals surface area contributed by atoms with E-state index in [2.05, 4.69) is 5.32 Å². The maximum absolute atomic E-state index is 12.2. The van der Waals surface area contributed by atoms with Crippen LogP contribution in [0.3, 0.4) is 0 Å². The molecule has 25 heavy (non-hydrogen) atoms. The van der Waals surface area contributed by atoms with E-state index in [1.165, 1.54) is 17.4 Å². The van der Waals surface area contributed by atoms with Gasteiger partial charge in [0.2, 0.25) is 0 Å². The van der Waals surface area contributed by atoms with Gasteiger partial charge in [-0.3, -0.25) is 4.79 Å². The molecule has 0 unspecified atom stereocenters. The van der Waals surface area contributed by atoms with Crippen molar-refractivity contribution in [3.63, 3.8) is 0 Å². The maximum Gasteiger partial charge on any atom is 0.350 e. The number of carbonyl (C=O) groups excluding carboxylic acids is 2. The summed E-state index contributed by atoms with van der Waals surface area (Å²) >= 11 is 7.43. The zero-order chi connectivity index (χ0) is 17.8. The van der Waals surface area contributed by atoms with Gasteiger partial charge in [0.25, 0.3) is 5.91 Å². The number of halogens is 1. The first kappa shape index (κ1) is 17.0. The van der Waals surface area contributed by atoms with Gasteiger partial charge in [-0.25, -0.2) is 4.79 Å². The molecule has 124 valence electrons. The minimum atomic E-state index is -0.646. The van der Waals surface area contributed by atoms with E-state index in [9.17, 15) is 9.59 Å². The molecule has 0 saturated carbocycles. The quantitative estimate of drug-likeness (QED) is 0.697. The van der Waals surface area contributed by atoms with Crippen molar-refractivity contribution in [3.05, 3.63) is 64.0 Å². The molecular weight excluding hydrogens is 360 g/mol. The van der Waals surface area contributed by atoms with Crippen LogP contribution in [0, 0.1) is 11.3 Å². The molecule has 7 heteroatoms. The van der Waals surface area contributed by atoms with E-state index < -0.39 is 18.5 Å². The van der Waals surface area contributed by atoms with Crippen molar-refractivity contribution in [1.82, 2.24) is 0 Å². The second-order valence-corrected chi connectivity index (χ2v) is 6.49. The number of hydrogen-bond donors (Lipinski definition) is 1. The smallest absolute Gasteiger partial charge is 0.350 e. The van der Waals surface area contributed by atoms with Crippen LogP contribution in [0.2, 0.25) is 5.02 Å². The molecule has 1 heterocycles. The number of hydrogen-bond acceptors (Lipinski definition) is 5. The minimum Gasteiger partial charge on any atom is -0.451 e. The highest BCUT2D eigenvalue weighted by atomic mass is 35.5. The number of nitrogens with one attached hydrogen (secondary N) is 1. The highest BCUT2D eigenvalue weighted by molar-refractivity contribution is 7.21. The molecule has 1 aromatic heterocycles. The Kier molecular flexibility index (Phi) is 4.98. The second kappa shape index (κ2) is 7.34. The number of rotatable bonds is 4. The van der Waals surface area contributed by atoms with Gasteiger partial charge in [0.1, 0.15) is 4.88 Å². The Labute approximate surface area is 152 Å². The van der Waals surface area contributed by atoms with Gasteiger partial charge in [-0.05, 0) is 24.3 Å². The average molecular weight is 371 g/mol. The van der Waals surface area contributed by atoms with Crippen LogP contribution < -0.4 is 5.32 Å². The molecule has 1 amide bonds. The molecule has 0 aliphatic rings. The van der Waals surface area contributed by atoms with E-state index in [1.54, 1.807) is 18.2 Å². The van der Waals surface area contributed by atoms with Crippen molar-refractivity contribution in [3.8, 4) is 6.07 Å². The number of carbonyl (C=O) groups is 2. The summed E-state index contributed by atoms with van der Waals surface area (Å²) in [5, 5.41) is 12.5. The van der Waals surface area contributed by atoms with Gasteiger partial charge in [-0.15, -0.1) is 11.3 Å². The Morgan fingerprint density at radius 3 is 2.76 bits per heavy atom. The van der Waals surface area contributed by atoms with Crippen LogP contribution >= 0.6 is 22.9 Å². The molecule has 5 nitrogen and oxygen atoms in total. The highest BCUT2D eigenvalue weighted by Crippen LogP contribution is 2.35. The Balaban J connectivity index is 1.64. The molecule has 0 bridgehead atoms. The fourth-order valence-electron chi connectivity index (χ4n) is 2.21. The molecule has 1 N–H and O–H groups in total. The van der Waals surface area contributed by atoms with E-state index in [1.807, 2.05) is 30.3 Å². The van der Waals surface area contributed by atoms with Gasteiger partial charge in [0, 0.05) is 15.8 Å². The molecular formula is C18H11ClN2O3S. The summed E-state index contributed by atoms with van der Waals surface area (Å²) in [6, 6.07) is 15.8. The number of anilines is 1. The third kappa shape index (κ3) is 3.79. The summed E-state index contributed by atoms with van der Waals surface area (Å²) in [5.41, 5.74) is 0.881. The van der Waals surface area contributed by atoms with Crippen LogP contribution in [0.5, 0.6) is 0 Å². The first-order valence-electron chi connectivity index (χ1n) is 7.22. The fraction of sp³-hybridized carbons (Fsp3) is 0.0556.